The number of aliphatic hydroxyl groups excluding tert-OH is 3. The predicted molar refractivity (Wildman–Crippen MR) is 429 cm³/mol. The summed E-state index contributed by atoms with van der Waals surface area (Å²) in [5, 5.41) is 78.7. The number of phenolic OH excluding ortho intramolecular Hbond substituents is 1. The fourth-order valence-corrected chi connectivity index (χ4v) is 13.4. The molecular weight excluding hydrogens is 1500 g/mol. The third-order valence-corrected chi connectivity index (χ3v) is 19.9. The van der Waals surface area contributed by atoms with Crippen molar-refractivity contribution in [3.63, 3.8) is 0 Å². The normalized spacial score (nSPS) is 14.5. The number of aromatic amines is 1. The number of benzene rings is 5. The van der Waals surface area contributed by atoms with Crippen molar-refractivity contribution in [1.29, 1.82) is 0 Å². The van der Waals surface area contributed by atoms with E-state index in [4.69, 9.17) is 21.9 Å². The number of unbranched alkanes of at least 4 members (excludes halogenated alkanes) is 1. The second-order valence-corrected chi connectivity index (χ2v) is 30.3. The first-order chi connectivity index (χ1) is 53.9. The van der Waals surface area contributed by atoms with Gasteiger partial charge >= 0.3 is 5.97 Å². The summed E-state index contributed by atoms with van der Waals surface area (Å²) < 4.78 is 21.6. The number of ether oxygens (including phenoxy) is 1. The van der Waals surface area contributed by atoms with Gasteiger partial charge in [0.05, 0.1) is 66.7 Å². The Morgan fingerprint density at radius 2 is 1.24 bits per heavy atom. The number of hydrogen-bond acceptors (Lipinski definition) is 22. The molecule has 0 unspecified atom stereocenters. The average molecular weight is 1620 g/mol. The monoisotopic (exact) mass is 1610 g/mol. The Morgan fingerprint density at radius 1 is 0.626 bits per heavy atom. The smallest absolute Gasteiger partial charge is 0.305 e. The van der Waals surface area contributed by atoms with Gasteiger partial charge in [0, 0.05) is 50.9 Å². The van der Waals surface area contributed by atoms with Crippen LogP contribution in [-0.2, 0) is 96.1 Å². The number of carbonyl (C=O) groups is 12. The second kappa shape index (κ2) is 45.5. The maximum absolute atomic E-state index is 15.6. The van der Waals surface area contributed by atoms with Gasteiger partial charge in [0.25, 0.3) is 0 Å². The Labute approximate surface area is 675 Å². The van der Waals surface area contributed by atoms with Crippen LogP contribution in [0.25, 0.3) is 11.1 Å². The van der Waals surface area contributed by atoms with Crippen molar-refractivity contribution in [1.82, 2.24) is 47.2 Å². The number of ketones is 5. The molecule has 6 rings (SSSR count). The van der Waals surface area contributed by atoms with Gasteiger partial charge in [-0.3, -0.25) is 57.5 Å². The summed E-state index contributed by atoms with van der Waals surface area (Å²) in [6.45, 7) is 12.2. The lowest BCUT2D eigenvalue weighted by molar-refractivity contribution is -0.142. The van der Waals surface area contributed by atoms with Crippen LogP contribution < -0.4 is 48.5 Å². The summed E-state index contributed by atoms with van der Waals surface area (Å²) in [5.41, 5.74) is 21.1. The number of aliphatic hydroxyl groups is 3. The van der Waals surface area contributed by atoms with E-state index in [1.165, 1.54) is 51.1 Å². The minimum atomic E-state index is -2.11. The number of H-pyrrole nitrogens is 1. The third kappa shape index (κ3) is 30.0. The molecule has 0 saturated carbocycles. The molecule has 11 atom stereocenters. The Bertz CT molecular complexity index is 4300. The van der Waals surface area contributed by atoms with Crippen molar-refractivity contribution >= 4 is 83.8 Å². The highest BCUT2D eigenvalue weighted by molar-refractivity contribution is 7.59. The van der Waals surface area contributed by atoms with E-state index in [-0.39, 0.29) is 62.7 Å². The number of nitrogens with two attached hydrogens (primary N) is 3. The Hall–Kier alpha value is -10.5. The molecule has 6 aromatic rings. The summed E-state index contributed by atoms with van der Waals surface area (Å²) >= 11 is 0. The molecule has 30 nitrogen and oxygen atoms in total. The van der Waals surface area contributed by atoms with Crippen molar-refractivity contribution in [3.05, 3.63) is 160 Å². The van der Waals surface area contributed by atoms with E-state index in [1.807, 2.05) is 69.3 Å². The minimum Gasteiger partial charge on any atom is -0.508 e. The number of aromatic hydroxyl groups is 1. The van der Waals surface area contributed by atoms with Gasteiger partial charge in [-0.25, -0.2) is 4.39 Å². The molecular formula is C83H111FN12O18S. The zero-order valence-electron chi connectivity index (χ0n) is 66.3. The van der Waals surface area contributed by atoms with E-state index < -0.39 is 199 Å². The third-order valence-electron chi connectivity index (χ3n) is 19.9. The molecule has 0 fully saturated rings. The summed E-state index contributed by atoms with van der Waals surface area (Å²) in [6.07, 6.45) is -6.33. The molecule has 17 N–H and O–H groups in total. The number of carboxylic acid groups (broad SMARTS) is 1. The number of amides is 6. The van der Waals surface area contributed by atoms with Crippen LogP contribution in [0.3, 0.4) is 0 Å². The quantitative estimate of drug-likeness (QED) is 0.0236. The zero-order chi connectivity index (χ0) is 84.1. The fourth-order valence-electron chi connectivity index (χ4n) is 13.4. The molecule has 0 spiro atoms. The van der Waals surface area contributed by atoms with E-state index in [0.717, 1.165) is 66.1 Å². The Morgan fingerprint density at radius 3 is 1.84 bits per heavy atom. The molecule has 624 valence electrons. The van der Waals surface area contributed by atoms with E-state index in [0.29, 0.717) is 49.3 Å². The van der Waals surface area contributed by atoms with Crippen molar-refractivity contribution in [3.8, 4) is 22.6 Å². The molecule has 0 radical (unpaired) electrons. The minimum absolute atomic E-state index is 0. The zero-order valence-corrected chi connectivity index (χ0v) is 67.3. The lowest BCUT2D eigenvalue weighted by atomic mass is 9.76. The largest absolute Gasteiger partial charge is 0.508 e. The number of aromatic nitrogens is 4. The van der Waals surface area contributed by atoms with Gasteiger partial charge in [0.1, 0.15) is 35.4 Å². The van der Waals surface area contributed by atoms with Crippen LogP contribution in [0, 0.1) is 42.3 Å². The highest BCUT2D eigenvalue weighted by Crippen LogP contribution is 2.33. The molecule has 0 aliphatic heterocycles. The van der Waals surface area contributed by atoms with Gasteiger partial charge in [-0.15, -0.1) is 10.2 Å². The van der Waals surface area contributed by atoms with Crippen LogP contribution in [0.5, 0.6) is 11.5 Å². The predicted octanol–water partition coefficient (Wildman–Crippen LogP) is 4.33. The molecule has 0 saturated heterocycles. The summed E-state index contributed by atoms with van der Waals surface area (Å²) in [7, 11) is 0. The van der Waals surface area contributed by atoms with Gasteiger partial charge in [0.15, 0.2) is 34.7 Å². The molecule has 1 aromatic heterocycles. The number of nitrogens with zero attached hydrogens (tertiary/aromatic N) is 3. The van der Waals surface area contributed by atoms with E-state index in [1.54, 1.807) is 24.3 Å². The summed E-state index contributed by atoms with van der Waals surface area (Å²) in [6, 6.07) is 20.9. The number of halogens is 1. The summed E-state index contributed by atoms with van der Waals surface area (Å²) in [5.74, 6) is -14.9. The highest BCUT2D eigenvalue weighted by Gasteiger charge is 2.43. The molecule has 0 aliphatic rings. The maximum Gasteiger partial charge on any atom is 0.305 e. The number of primary amides is 1. The van der Waals surface area contributed by atoms with Crippen molar-refractivity contribution in [2.24, 2.45) is 39.9 Å². The molecule has 32 heteroatoms. The van der Waals surface area contributed by atoms with Gasteiger partial charge in [0.2, 0.25) is 35.4 Å². The number of phenols is 1. The lowest BCUT2D eigenvalue weighted by Gasteiger charge is -2.33. The van der Waals surface area contributed by atoms with Gasteiger partial charge in [-0.1, -0.05) is 123 Å². The van der Waals surface area contributed by atoms with E-state index in [9.17, 15) is 83.1 Å². The first-order valence-electron chi connectivity index (χ1n) is 38.2. The topological polar surface area (TPSA) is 508 Å². The average Bonchev–Trinajstić information content (AvgIpc) is 1.76. The number of aliphatic carboxylic acids is 1. The van der Waals surface area contributed by atoms with Crippen LogP contribution in [0.15, 0.2) is 109 Å². The van der Waals surface area contributed by atoms with Crippen molar-refractivity contribution < 1.29 is 92.2 Å². The van der Waals surface area contributed by atoms with Gasteiger partial charge in [-0.05, 0) is 161 Å². The standard InChI is InChI=1S/C83H109FN12O18.H2S/c1-9-54-38-60(114-32-13-12-31-85)27-28-61(54)55-23-19-51(20-24-55)36-57(78(110)88-64(77(87)109)18-14-15-53-34-47(2)33-48(3)35-53)39-68(102)66(42-74(107)108)89-79(111)58(46-97)40-69(103)75(49(4)98)92-81(113)83(8,43-56-16-10-11-17-62(56)84)45-71(105)76(50(5)99)91-73(106)30-29-67(101)65(41-72-93-95-96-94-72)90-80(112)82(6,7)44-70(104)63(86)37-52-21-25-59(100)26-22-52;/h10-11,16-17,19-28,33-35,38,49-50,57-58,63-66,75-76,97-100H,9,12-15,18,29-32,36-37,39-46,85-86H2,1-8H3,(H2,87,109)(H,88,110)(H,89,111)(H,90,112)(H,91,106)(H,92,113)(H,107,108)(H,93,94,95,96);1H2/t49-,50-,57-,58+,63+,64+,65+,66+,75+,76+,83-;/m1./s1. The number of hydrogen-bond donors (Lipinski definition) is 14. The number of Topliss-reactive ketones (excluding diaryl/α,β-unsaturated/α-hetero) is 5. The van der Waals surface area contributed by atoms with Gasteiger partial charge in [-0.2, -0.15) is 18.7 Å². The first-order valence-corrected chi connectivity index (χ1v) is 38.2. The van der Waals surface area contributed by atoms with Crippen LogP contribution >= 0.6 is 13.5 Å². The Kier molecular flexibility index (Phi) is 37.7. The number of aryl methyl sites for hydroxylation is 4. The maximum atomic E-state index is 15.6. The summed E-state index contributed by atoms with van der Waals surface area (Å²) in [4.78, 5) is 168. The van der Waals surface area contributed by atoms with Crippen LogP contribution in [-0.4, -0.2) is 185 Å². The second-order valence-electron chi connectivity index (χ2n) is 30.3. The van der Waals surface area contributed by atoms with Gasteiger partial charge < -0.3 is 74.1 Å². The molecule has 0 aliphatic carbocycles. The molecule has 5 aromatic carbocycles. The molecule has 115 heavy (non-hydrogen) atoms. The van der Waals surface area contributed by atoms with E-state index >= 15 is 4.39 Å². The van der Waals surface area contributed by atoms with E-state index in [2.05, 4.69) is 47.2 Å². The first kappa shape index (κ1) is 95.1. The molecule has 1 heterocycles. The molecule has 6 amide bonds. The van der Waals surface area contributed by atoms with Crippen LogP contribution in [0.1, 0.15) is 157 Å². The fraction of sp³-hybridized carbons (Fsp3) is 0.482. The van der Waals surface area contributed by atoms with Crippen LogP contribution in [0.2, 0.25) is 0 Å². The number of carbonyl (C=O) groups excluding carboxylic acids is 11. The Balaban J connectivity index is 0.0000236. The number of rotatable bonds is 50. The number of tetrazole rings is 1. The number of nitrogens with one attached hydrogen (secondary N) is 6. The molecule has 0 bridgehead atoms. The van der Waals surface area contributed by atoms with Crippen molar-refractivity contribution in [2.45, 2.75) is 213 Å². The van der Waals surface area contributed by atoms with Crippen molar-refractivity contribution in [2.75, 3.05) is 19.8 Å². The lowest BCUT2D eigenvalue weighted by Crippen LogP contribution is -2.55. The van der Waals surface area contributed by atoms with Crippen LogP contribution in [0.4, 0.5) is 4.39 Å². The highest BCUT2D eigenvalue weighted by atomic mass is 32.1. The number of carboxylic acids is 1. The SMILES string of the molecule is CCc1cc(OCCCCN)ccc1-c1ccc(C[C@H](CC(=O)[C@H](CC(=O)O)NC(=O)[C@H](CO)CC(=O)[C@@H](NC(=O)[C@@](C)(CC(=O)[C@@H](NC(=O)CCC(=O)[C@H](Cc2nn[nH]n2)NC(=O)C(C)(C)CC(=O)[C@@H](N)Cc2ccc(O)cc2)[C@@H](C)O)Cc2ccccc2F)[C@@H](C)O)C(=O)N[C@@H](CCCc2cc(C)cc(C)c2)C(N)=O)cc1.S.